The Morgan fingerprint density at radius 3 is 2.48 bits per heavy atom. The molecule has 112 valence electrons. The summed E-state index contributed by atoms with van der Waals surface area (Å²) in [6.45, 7) is 5.04. The summed E-state index contributed by atoms with van der Waals surface area (Å²) in [5.41, 5.74) is 1.15. The molecular weight excluding hydrogens is 302 g/mol. The number of hydrogen-bond acceptors (Lipinski definition) is 3. The van der Waals surface area contributed by atoms with Gasteiger partial charge in [-0.05, 0) is 42.0 Å². The Labute approximate surface area is 135 Å². The number of hydrogen-bond donors (Lipinski definition) is 1. The first-order chi connectivity index (χ1) is 10.1. The number of rotatable bonds is 6. The van der Waals surface area contributed by atoms with E-state index in [1.54, 1.807) is 18.9 Å². The topological polar surface area (TPSA) is 21.3 Å². The summed E-state index contributed by atoms with van der Waals surface area (Å²) in [6, 6.07) is 14.5. The highest BCUT2D eigenvalue weighted by atomic mass is 35.5. The lowest BCUT2D eigenvalue weighted by Gasteiger charge is -2.14. The van der Waals surface area contributed by atoms with E-state index in [4.69, 9.17) is 16.3 Å². The SMILES string of the molecule is COc1ccc(Sc2cccc(Cl)c2CNC(C)C)cc1. The van der Waals surface area contributed by atoms with Gasteiger partial charge in [-0.25, -0.2) is 0 Å². The van der Waals surface area contributed by atoms with Crippen molar-refractivity contribution >= 4 is 23.4 Å². The van der Waals surface area contributed by atoms with E-state index in [1.165, 1.54) is 9.79 Å². The minimum atomic E-state index is 0.431. The number of benzene rings is 2. The molecule has 1 N–H and O–H groups in total. The van der Waals surface area contributed by atoms with Gasteiger partial charge in [0.1, 0.15) is 5.75 Å². The average molecular weight is 322 g/mol. The predicted molar refractivity (Wildman–Crippen MR) is 90.5 cm³/mol. The molecule has 21 heavy (non-hydrogen) atoms. The van der Waals surface area contributed by atoms with Crippen LogP contribution in [-0.2, 0) is 6.54 Å². The standard InChI is InChI=1S/C17H20ClNOS/c1-12(2)19-11-15-16(18)5-4-6-17(15)21-14-9-7-13(20-3)8-10-14/h4-10,12,19H,11H2,1-3H3. The highest BCUT2D eigenvalue weighted by Gasteiger charge is 2.09. The fraction of sp³-hybridized carbons (Fsp3) is 0.294. The van der Waals surface area contributed by atoms with Gasteiger partial charge in [-0.15, -0.1) is 0 Å². The second kappa shape index (κ2) is 7.74. The van der Waals surface area contributed by atoms with Gasteiger partial charge in [0.2, 0.25) is 0 Å². The molecule has 0 saturated heterocycles. The van der Waals surface area contributed by atoms with Gasteiger partial charge < -0.3 is 10.1 Å². The summed E-state index contributed by atoms with van der Waals surface area (Å²) in [7, 11) is 1.68. The molecule has 0 unspecified atom stereocenters. The highest BCUT2D eigenvalue weighted by molar-refractivity contribution is 7.99. The summed E-state index contributed by atoms with van der Waals surface area (Å²) in [6.07, 6.45) is 0. The van der Waals surface area contributed by atoms with E-state index in [0.29, 0.717) is 6.04 Å². The Kier molecular flexibility index (Phi) is 5.97. The summed E-state index contributed by atoms with van der Waals surface area (Å²) in [4.78, 5) is 2.35. The molecule has 2 rings (SSSR count). The van der Waals surface area contributed by atoms with Crippen LogP contribution < -0.4 is 10.1 Å². The zero-order valence-electron chi connectivity index (χ0n) is 12.5. The third-order valence-corrected chi connectivity index (χ3v) is 4.51. The molecular formula is C17H20ClNOS. The van der Waals surface area contributed by atoms with E-state index in [-0.39, 0.29) is 0 Å². The van der Waals surface area contributed by atoms with Crippen LogP contribution in [0.25, 0.3) is 0 Å². The molecule has 0 atom stereocenters. The molecule has 0 aliphatic rings. The fourth-order valence-electron chi connectivity index (χ4n) is 1.88. The first-order valence-electron chi connectivity index (χ1n) is 6.93. The minimum absolute atomic E-state index is 0.431. The van der Waals surface area contributed by atoms with Crippen LogP contribution in [0.2, 0.25) is 5.02 Å². The largest absolute Gasteiger partial charge is 0.497 e. The predicted octanol–water partition coefficient (Wildman–Crippen LogP) is 5.00. The van der Waals surface area contributed by atoms with Crippen molar-refractivity contribution in [3.05, 3.63) is 53.1 Å². The molecule has 4 heteroatoms. The third-order valence-electron chi connectivity index (χ3n) is 3.05. The van der Waals surface area contributed by atoms with E-state index in [9.17, 15) is 0 Å². The Bertz CT molecular complexity index is 584. The maximum atomic E-state index is 6.35. The van der Waals surface area contributed by atoms with E-state index >= 15 is 0 Å². The molecule has 2 nitrogen and oxygen atoms in total. The maximum absolute atomic E-state index is 6.35. The van der Waals surface area contributed by atoms with Gasteiger partial charge in [0.25, 0.3) is 0 Å². The van der Waals surface area contributed by atoms with Crippen LogP contribution in [0.15, 0.2) is 52.3 Å². The van der Waals surface area contributed by atoms with Crippen molar-refractivity contribution in [3.63, 3.8) is 0 Å². The molecule has 0 saturated carbocycles. The molecule has 0 aliphatic carbocycles. The lowest BCUT2D eigenvalue weighted by atomic mass is 10.2. The van der Waals surface area contributed by atoms with Crippen LogP contribution >= 0.6 is 23.4 Å². The molecule has 0 fully saturated rings. The van der Waals surface area contributed by atoms with Crippen molar-refractivity contribution in [1.29, 1.82) is 0 Å². The Morgan fingerprint density at radius 1 is 1.14 bits per heavy atom. The van der Waals surface area contributed by atoms with Gasteiger partial charge in [0, 0.05) is 27.4 Å². The highest BCUT2D eigenvalue weighted by Crippen LogP contribution is 2.34. The van der Waals surface area contributed by atoms with Gasteiger partial charge in [-0.3, -0.25) is 0 Å². The fourth-order valence-corrected chi connectivity index (χ4v) is 3.16. The van der Waals surface area contributed by atoms with Crippen LogP contribution in [-0.4, -0.2) is 13.2 Å². The van der Waals surface area contributed by atoms with E-state index in [1.807, 2.05) is 24.3 Å². The zero-order chi connectivity index (χ0) is 15.2. The van der Waals surface area contributed by atoms with Gasteiger partial charge in [0.15, 0.2) is 0 Å². The summed E-state index contributed by atoms with van der Waals surface area (Å²) < 4.78 is 5.19. The summed E-state index contributed by atoms with van der Waals surface area (Å²) >= 11 is 8.07. The van der Waals surface area contributed by atoms with Gasteiger partial charge >= 0.3 is 0 Å². The second-order valence-corrected chi connectivity index (χ2v) is 6.55. The Hall–Kier alpha value is -1.16. The molecule has 0 spiro atoms. The molecule has 0 radical (unpaired) electrons. The van der Waals surface area contributed by atoms with Crippen LogP contribution in [0.4, 0.5) is 0 Å². The molecule has 0 aromatic heterocycles. The Balaban J connectivity index is 2.19. The zero-order valence-corrected chi connectivity index (χ0v) is 14.1. The number of halogens is 1. The number of nitrogens with one attached hydrogen (secondary N) is 1. The monoisotopic (exact) mass is 321 g/mol. The van der Waals surface area contributed by atoms with Crippen LogP contribution in [0, 0.1) is 0 Å². The van der Waals surface area contributed by atoms with Crippen molar-refractivity contribution in [2.75, 3.05) is 7.11 Å². The molecule has 2 aromatic carbocycles. The van der Waals surface area contributed by atoms with Crippen LogP contribution in [0.3, 0.4) is 0 Å². The number of methoxy groups -OCH3 is 1. The lowest BCUT2D eigenvalue weighted by molar-refractivity contribution is 0.414. The van der Waals surface area contributed by atoms with Crippen molar-refractivity contribution < 1.29 is 4.74 Å². The molecule has 2 aromatic rings. The average Bonchev–Trinajstić information content (AvgIpc) is 2.47. The van der Waals surface area contributed by atoms with Crippen LogP contribution in [0.1, 0.15) is 19.4 Å². The second-order valence-electron chi connectivity index (χ2n) is 5.03. The maximum Gasteiger partial charge on any atom is 0.118 e. The van der Waals surface area contributed by atoms with Gasteiger partial charge in [0.05, 0.1) is 7.11 Å². The van der Waals surface area contributed by atoms with Gasteiger partial charge in [-0.1, -0.05) is 43.3 Å². The molecule has 0 bridgehead atoms. The Morgan fingerprint density at radius 2 is 1.86 bits per heavy atom. The smallest absolute Gasteiger partial charge is 0.118 e. The number of ether oxygens (including phenoxy) is 1. The molecule has 0 heterocycles. The minimum Gasteiger partial charge on any atom is -0.497 e. The van der Waals surface area contributed by atoms with E-state index in [2.05, 4.69) is 37.4 Å². The van der Waals surface area contributed by atoms with Crippen LogP contribution in [0.5, 0.6) is 5.75 Å². The molecule has 0 aliphatic heterocycles. The first kappa shape index (κ1) is 16.2. The molecule has 0 amide bonds. The normalized spacial score (nSPS) is 10.9. The van der Waals surface area contributed by atoms with E-state index in [0.717, 1.165) is 22.9 Å². The van der Waals surface area contributed by atoms with Crippen molar-refractivity contribution in [2.45, 2.75) is 36.2 Å². The van der Waals surface area contributed by atoms with Gasteiger partial charge in [-0.2, -0.15) is 0 Å². The van der Waals surface area contributed by atoms with E-state index < -0.39 is 0 Å². The first-order valence-corrected chi connectivity index (χ1v) is 8.12. The lowest BCUT2D eigenvalue weighted by Crippen LogP contribution is -2.22. The quantitative estimate of drug-likeness (QED) is 0.809. The third kappa shape index (κ3) is 4.67. The van der Waals surface area contributed by atoms with Crippen molar-refractivity contribution in [1.82, 2.24) is 5.32 Å². The summed E-state index contributed by atoms with van der Waals surface area (Å²) in [5.74, 6) is 0.868. The summed E-state index contributed by atoms with van der Waals surface area (Å²) in [5, 5.41) is 4.24. The van der Waals surface area contributed by atoms with Crippen molar-refractivity contribution in [2.24, 2.45) is 0 Å². The van der Waals surface area contributed by atoms with Crippen molar-refractivity contribution in [3.8, 4) is 5.75 Å².